The van der Waals surface area contributed by atoms with Crippen LogP contribution in [0.25, 0.3) is 16.8 Å². The van der Waals surface area contributed by atoms with Gasteiger partial charge in [-0.1, -0.05) is 104 Å². The Morgan fingerprint density at radius 1 is 0.907 bits per heavy atom. The first kappa shape index (κ1) is 37.3. The lowest BCUT2D eigenvalue weighted by Crippen LogP contribution is -2.51. The van der Waals surface area contributed by atoms with Gasteiger partial charge in [-0.25, -0.2) is 0 Å². The minimum atomic E-state index is -2.23. The molecule has 0 fully saturated rings. The number of aliphatic hydroxyl groups is 1. The van der Waals surface area contributed by atoms with Crippen molar-refractivity contribution in [3.8, 4) is 0 Å². The van der Waals surface area contributed by atoms with Gasteiger partial charge in [0.25, 0.3) is 0 Å². The molecule has 0 bridgehead atoms. The van der Waals surface area contributed by atoms with Crippen molar-refractivity contribution in [3.05, 3.63) is 47.8 Å². The van der Waals surface area contributed by atoms with Gasteiger partial charge in [0, 0.05) is 23.6 Å². The van der Waals surface area contributed by atoms with E-state index >= 15 is 0 Å². The molecule has 0 aliphatic carbocycles. The fourth-order valence-electron chi connectivity index (χ4n) is 4.61. The molecule has 2 N–H and O–H groups in total. The Morgan fingerprint density at radius 3 is 2.05 bits per heavy atom. The molecule has 0 aliphatic rings. The minimum Gasteiger partial charge on any atom is -0.481 e. The average molecular weight is 630 g/mol. The summed E-state index contributed by atoms with van der Waals surface area (Å²) in [5.41, 5.74) is 1.69. The highest BCUT2D eigenvalue weighted by molar-refractivity contribution is 6.74. The van der Waals surface area contributed by atoms with Crippen molar-refractivity contribution in [3.63, 3.8) is 0 Å². The van der Waals surface area contributed by atoms with E-state index in [0.29, 0.717) is 19.3 Å². The molecule has 0 saturated carbocycles. The number of carbonyl (C=O) groups is 1. The highest BCUT2D eigenvalue weighted by Gasteiger charge is 2.44. The molecule has 0 amide bonds. The van der Waals surface area contributed by atoms with Crippen molar-refractivity contribution < 1.29 is 23.9 Å². The zero-order valence-corrected chi connectivity index (χ0v) is 30.8. The maximum absolute atomic E-state index is 11.4. The van der Waals surface area contributed by atoms with Gasteiger partial charge in [0.15, 0.2) is 16.6 Å². The number of hydrogen-bond acceptors (Lipinski definition) is 5. The van der Waals surface area contributed by atoms with Crippen LogP contribution >= 0.6 is 0 Å². The Bertz CT molecular complexity index is 1210. The van der Waals surface area contributed by atoms with E-state index in [1.807, 2.05) is 24.4 Å². The number of fused-ring (bicyclic) bond motifs is 1. The van der Waals surface area contributed by atoms with E-state index in [1.54, 1.807) is 0 Å². The standard InChI is InChI=1S/C35H59NO5Si2/c1-12-13-14-20-29(37)33-28-19-16-15-18-27(28)26(25-36-33)23-24-31(41-43(10,11)35(5,6)7)30(21-17-22-32(38)39)40-42(8,9)34(2,3)4/h15-16,18-19,23-25,29-31,37H,12-14,17,20-22H2,1-11H3,(H,38,39)/b24-23+/t29-,30?,31?/m1/s1. The first-order valence-electron chi connectivity index (χ1n) is 16.1. The summed E-state index contributed by atoms with van der Waals surface area (Å²) >= 11 is 0. The maximum Gasteiger partial charge on any atom is 0.303 e. The fraction of sp³-hybridized carbons (Fsp3) is 0.657. The number of rotatable bonds is 16. The van der Waals surface area contributed by atoms with Gasteiger partial charge in [0.1, 0.15) is 0 Å². The molecule has 242 valence electrons. The highest BCUT2D eigenvalue weighted by Crippen LogP contribution is 2.41. The first-order valence-corrected chi connectivity index (χ1v) is 21.9. The highest BCUT2D eigenvalue weighted by atomic mass is 28.4. The third-order valence-corrected chi connectivity index (χ3v) is 18.4. The van der Waals surface area contributed by atoms with E-state index in [0.717, 1.165) is 41.3 Å². The van der Waals surface area contributed by atoms with E-state index in [2.05, 4.69) is 92.9 Å². The van der Waals surface area contributed by atoms with E-state index in [4.69, 9.17) is 13.8 Å². The summed E-state index contributed by atoms with van der Waals surface area (Å²) in [6.07, 6.45) is 9.93. The predicted molar refractivity (Wildman–Crippen MR) is 186 cm³/mol. The third kappa shape index (κ3) is 10.6. The number of benzene rings is 1. The second-order valence-electron chi connectivity index (χ2n) is 15.1. The summed E-state index contributed by atoms with van der Waals surface area (Å²) in [4.78, 5) is 16.2. The number of hydrogen-bond donors (Lipinski definition) is 2. The zero-order valence-electron chi connectivity index (χ0n) is 28.8. The van der Waals surface area contributed by atoms with Crippen molar-refractivity contribution in [2.45, 2.75) is 148 Å². The SMILES string of the molecule is CCCCC[C@@H](O)c1ncc(/C=C/C(O[Si](C)(C)C(C)(C)C)C(CCCC(=O)O)O[Si](C)(C)C(C)(C)C)c2ccccc12. The van der Waals surface area contributed by atoms with Crippen LogP contribution in [0.3, 0.4) is 0 Å². The lowest BCUT2D eigenvalue weighted by Gasteiger charge is -2.44. The molecule has 1 aromatic heterocycles. The molecular weight excluding hydrogens is 571 g/mol. The lowest BCUT2D eigenvalue weighted by atomic mass is 9.99. The van der Waals surface area contributed by atoms with E-state index in [-0.39, 0.29) is 28.7 Å². The summed E-state index contributed by atoms with van der Waals surface area (Å²) in [6.45, 7) is 24.5. The molecule has 0 saturated heterocycles. The summed E-state index contributed by atoms with van der Waals surface area (Å²) in [6, 6.07) is 8.14. The fourth-order valence-corrected chi connectivity index (χ4v) is 7.24. The molecule has 2 aromatic rings. The van der Waals surface area contributed by atoms with Crippen molar-refractivity contribution in [2.75, 3.05) is 0 Å². The van der Waals surface area contributed by atoms with Gasteiger partial charge in [0.2, 0.25) is 0 Å². The molecule has 0 spiro atoms. The largest absolute Gasteiger partial charge is 0.481 e. The normalized spacial score (nSPS) is 15.6. The molecule has 1 heterocycles. The molecular formula is C35H59NO5Si2. The zero-order chi connectivity index (χ0) is 32.6. The van der Waals surface area contributed by atoms with Crippen LogP contribution in [0.2, 0.25) is 36.3 Å². The van der Waals surface area contributed by atoms with Gasteiger partial charge in [-0.15, -0.1) is 0 Å². The summed E-state index contributed by atoms with van der Waals surface area (Å²) in [5, 5.41) is 22.4. The Hall–Kier alpha value is -1.85. The van der Waals surface area contributed by atoms with Crippen LogP contribution in [-0.4, -0.2) is 50.0 Å². The van der Waals surface area contributed by atoms with E-state index in [1.165, 1.54) is 0 Å². The third-order valence-electron chi connectivity index (χ3n) is 9.45. The molecule has 6 nitrogen and oxygen atoms in total. The first-order chi connectivity index (χ1) is 19.8. The Labute approximate surface area is 263 Å². The Kier molecular flexibility index (Phi) is 13.4. The lowest BCUT2D eigenvalue weighted by molar-refractivity contribution is -0.137. The van der Waals surface area contributed by atoms with Crippen molar-refractivity contribution >= 4 is 39.5 Å². The number of unbranched alkanes of at least 4 members (excludes halogenated alkanes) is 2. The number of carboxylic acids is 1. The maximum atomic E-state index is 11.4. The van der Waals surface area contributed by atoms with Gasteiger partial charge in [-0.05, 0) is 60.9 Å². The molecule has 1 aromatic carbocycles. The van der Waals surface area contributed by atoms with Gasteiger partial charge >= 0.3 is 5.97 Å². The van der Waals surface area contributed by atoms with Crippen LogP contribution in [0.1, 0.15) is 111 Å². The number of pyridine rings is 1. The average Bonchev–Trinajstić information content (AvgIpc) is 2.88. The van der Waals surface area contributed by atoms with Crippen LogP contribution in [0.5, 0.6) is 0 Å². The predicted octanol–water partition coefficient (Wildman–Crippen LogP) is 9.90. The Morgan fingerprint density at radius 2 is 1.49 bits per heavy atom. The molecule has 3 atom stereocenters. The second-order valence-corrected chi connectivity index (χ2v) is 24.6. The molecule has 0 radical (unpaired) electrons. The molecule has 2 unspecified atom stereocenters. The van der Waals surface area contributed by atoms with Crippen molar-refractivity contribution in [1.29, 1.82) is 0 Å². The second kappa shape index (κ2) is 15.4. The molecule has 8 heteroatoms. The summed E-state index contributed by atoms with van der Waals surface area (Å²) in [5.74, 6) is -0.794. The van der Waals surface area contributed by atoms with Crippen LogP contribution in [-0.2, 0) is 13.6 Å². The molecule has 43 heavy (non-hydrogen) atoms. The smallest absolute Gasteiger partial charge is 0.303 e. The summed E-state index contributed by atoms with van der Waals surface area (Å²) < 4.78 is 14.1. The number of carboxylic acid groups (broad SMARTS) is 1. The molecule has 0 aliphatic heterocycles. The number of aromatic nitrogens is 1. The van der Waals surface area contributed by atoms with Crippen LogP contribution < -0.4 is 0 Å². The van der Waals surface area contributed by atoms with Crippen LogP contribution in [0.15, 0.2) is 36.5 Å². The van der Waals surface area contributed by atoms with Crippen molar-refractivity contribution in [1.82, 2.24) is 4.98 Å². The van der Waals surface area contributed by atoms with Gasteiger partial charge in [0.05, 0.1) is 24.0 Å². The van der Waals surface area contributed by atoms with Crippen molar-refractivity contribution in [2.24, 2.45) is 0 Å². The quantitative estimate of drug-likeness (QED) is 0.142. The van der Waals surface area contributed by atoms with E-state index in [9.17, 15) is 15.0 Å². The minimum absolute atomic E-state index is 0.00277. The van der Waals surface area contributed by atoms with Gasteiger partial charge in [-0.2, -0.15) is 0 Å². The topological polar surface area (TPSA) is 88.9 Å². The molecule has 2 rings (SSSR count). The van der Waals surface area contributed by atoms with E-state index < -0.39 is 28.7 Å². The number of aliphatic hydroxyl groups excluding tert-OH is 1. The number of nitrogens with zero attached hydrogens (tertiary/aromatic N) is 1. The van der Waals surface area contributed by atoms with Crippen LogP contribution in [0, 0.1) is 0 Å². The monoisotopic (exact) mass is 629 g/mol. The van der Waals surface area contributed by atoms with Gasteiger partial charge < -0.3 is 19.1 Å². The van der Waals surface area contributed by atoms with Gasteiger partial charge in [-0.3, -0.25) is 9.78 Å². The Balaban J connectivity index is 2.59. The summed E-state index contributed by atoms with van der Waals surface area (Å²) in [7, 11) is -4.43. The van der Waals surface area contributed by atoms with Crippen LogP contribution in [0.4, 0.5) is 0 Å². The number of aliphatic carboxylic acids is 1.